The third kappa shape index (κ3) is 8.02. The maximum Gasteiger partial charge on any atom is 0.407 e. The molecular weight excluding hydrogens is 544 g/mol. The van der Waals surface area contributed by atoms with E-state index < -0.39 is 17.7 Å². The molecule has 1 unspecified atom stereocenters. The molecule has 40 heavy (non-hydrogen) atoms. The van der Waals surface area contributed by atoms with Crippen molar-refractivity contribution < 1.29 is 18.9 Å². The first-order chi connectivity index (χ1) is 19.1. The summed E-state index contributed by atoms with van der Waals surface area (Å²) < 4.78 is 7.57. The molecule has 0 aromatic heterocycles. The number of alkyl carbamates (subject to hydrolysis) is 1. The van der Waals surface area contributed by atoms with E-state index in [-0.39, 0.29) is 5.91 Å². The number of ether oxygens (including phenoxy) is 1. The van der Waals surface area contributed by atoms with Crippen LogP contribution < -0.4 is 16.0 Å². The SMILES string of the molecule is CSC1=[N+](c2ccc(NC(=O)C(Nc3cccc(CNC(=O)OC(C)(C)C)c3)c3ccccc3)cc2Cl)CCC1. The average Bonchev–Trinajstić information content (AvgIpc) is 3.39. The van der Waals surface area contributed by atoms with Crippen molar-refractivity contribution in [1.82, 2.24) is 5.32 Å². The van der Waals surface area contributed by atoms with E-state index in [2.05, 4.69) is 26.8 Å². The quantitative estimate of drug-likeness (QED) is 0.243. The van der Waals surface area contributed by atoms with E-state index in [0.717, 1.165) is 41.9 Å². The summed E-state index contributed by atoms with van der Waals surface area (Å²) in [5.74, 6) is -0.218. The first-order valence-corrected chi connectivity index (χ1v) is 14.9. The van der Waals surface area contributed by atoms with E-state index in [0.29, 0.717) is 17.3 Å². The van der Waals surface area contributed by atoms with Gasteiger partial charge in [-0.25, -0.2) is 4.79 Å². The van der Waals surface area contributed by atoms with E-state index >= 15 is 0 Å². The number of hydrogen-bond donors (Lipinski definition) is 3. The zero-order chi connectivity index (χ0) is 28.7. The van der Waals surface area contributed by atoms with Crippen molar-refractivity contribution >= 4 is 57.5 Å². The number of benzene rings is 3. The number of carbonyl (C=O) groups excluding carboxylic acids is 2. The van der Waals surface area contributed by atoms with Gasteiger partial charge >= 0.3 is 6.09 Å². The molecule has 7 nitrogen and oxygen atoms in total. The molecule has 3 N–H and O–H groups in total. The fourth-order valence-corrected chi connectivity index (χ4v) is 5.55. The molecule has 1 heterocycles. The number of carbonyl (C=O) groups is 2. The van der Waals surface area contributed by atoms with Crippen molar-refractivity contribution in [2.24, 2.45) is 0 Å². The number of hydrogen-bond acceptors (Lipinski definition) is 5. The van der Waals surface area contributed by atoms with Crippen LogP contribution >= 0.6 is 23.4 Å². The summed E-state index contributed by atoms with van der Waals surface area (Å²) in [6.45, 7) is 6.70. The minimum atomic E-state index is -0.663. The first kappa shape index (κ1) is 29.5. The van der Waals surface area contributed by atoms with Gasteiger partial charge in [-0.2, -0.15) is 4.58 Å². The lowest BCUT2D eigenvalue weighted by atomic mass is 10.0. The van der Waals surface area contributed by atoms with Gasteiger partial charge in [-0.15, -0.1) is 0 Å². The van der Waals surface area contributed by atoms with Crippen LogP contribution in [0.1, 0.15) is 50.8 Å². The lowest BCUT2D eigenvalue weighted by Crippen LogP contribution is -2.32. The summed E-state index contributed by atoms with van der Waals surface area (Å²) in [7, 11) is 0. The van der Waals surface area contributed by atoms with Crippen LogP contribution in [0, 0.1) is 0 Å². The second kappa shape index (κ2) is 13.2. The molecule has 0 saturated heterocycles. The third-order valence-corrected chi connectivity index (χ3v) is 7.48. The Labute approximate surface area is 245 Å². The molecule has 3 aromatic carbocycles. The van der Waals surface area contributed by atoms with Crippen LogP contribution in [0.25, 0.3) is 0 Å². The van der Waals surface area contributed by atoms with Gasteiger partial charge in [-0.3, -0.25) is 4.79 Å². The lowest BCUT2D eigenvalue weighted by Gasteiger charge is -2.21. The van der Waals surface area contributed by atoms with Crippen LogP contribution in [0.5, 0.6) is 0 Å². The summed E-state index contributed by atoms with van der Waals surface area (Å²) in [6.07, 6.45) is 3.76. The summed E-state index contributed by atoms with van der Waals surface area (Å²) >= 11 is 8.42. The molecule has 0 aliphatic carbocycles. The van der Waals surface area contributed by atoms with Crippen molar-refractivity contribution in [1.29, 1.82) is 0 Å². The van der Waals surface area contributed by atoms with Crippen molar-refractivity contribution in [3.05, 3.63) is 88.9 Å². The Balaban J connectivity index is 1.49. The predicted octanol–water partition coefficient (Wildman–Crippen LogP) is 7.36. The molecular formula is C31H36ClN4O3S+. The molecule has 9 heteroatoms. The fourth-order valence-electron chi connectivity index (χ4n) is 4.50. The van der Waals surface area contributed by atoms with E-state index in [1.54, 1.807) is 17.8 Å². The maximum atomic E-state index is 13.6. The summed E-state index contributed by atoms with van der Waals surface area (Å²) in [5.41, 5.74) is 3.44. The second-order valence-corrected chi connectivity index (χ2v) is 11.8. The standard InChI is InChI=1S/C31H35ClN4O3S/c1-31(2,3)39-30(38)33-20-21-10-8-13-23(18-21)34-28(22-11-6-5-7-12-22)29(37)35-24-15-16-26(25(32)19-24)36-17-9-14-27(36)40-4/h5-8,10-13,15-16,18-19,28,34H,9,14,17,20H2,1-4H3,(H-,33,35,37,38)/p+1. The molecule has 1 aliphatic rings. The van der Waals surface area contributed by atoms with Crippen LogP contribution in [0.15, 0.2) is 72.8 Å². The molecule has 0 fully saturated rings. The molecule has 0 saturated carbocycles. The Hall–Kier alpha value is -3.49. The smallest absolute Gasteiger partial charge is 0.407 e. The molecule has 0 spiro atoms. The van der Waals surface area contributed by atoms with Crippen molar-refractivity contribution in [2.45, 2.75) is 51.8 Å². The van der Waals surface area contributed by atoms with Crippen molar-refractivity contribution in [2.75, 3.05) is 23.4 Å². The maximum absolute atomic E-state index is 13.6. The minimum absolute atomic E-state index is 0.218. The Bertz CT molecular complexity index is 1390. The monoisotopic (exact) mass is 579 g/mol. The molecule has 1 atom stereocenters. The van der Waals surface area contributed by atoms with Gasteiger partial charge in [0, 0.05) is 36.8 Å². The molecule has 4 rings (SSSR count). The Kier molecular flexibility index (Phi) is 9.76. The summed E-state index contributed by atoms with van der Waals surface area (Å²) in [4.78, 5) is 25.7. The molecule has 1 aliphatic heterocycles. The highest BCUT2D eigenvalue weighted by atomic mass is 35.5. The van der Waals surface area contributed by atoms with Crippen LogP contribution in [0.3, 0.4) is 0 Å². The molecule has 0 bridgehead atoms. The normalized spacial score (nSPS) is 14.0. The Morgan fingerprint density at radius 3 is 2.50 bits per heavy atom. The van der Waals surface area contributed by atoms with Crippen molar-refractivity contribution in [3.8, 4) is 0 Å². The third-order valence-electron chi connectivity index (χ3n) is 6.28. The highest BCUT2D eigenvalue weighted by Gasteiger charge is 2.27. The van der Waals surface area contributed by atoms with Gasteiger partial charge in [-0.1, -0.05) is 65.8 Å². The second-order valence-electron chi connectivity index (χ2n) is 10.6. The fraction of sp³-hybridized carbons (Fsp3) is 0.323. The van der Waals surface area contributed by atoms with Crippen LogP contribution in [0.4, 0.5) is 21.9 Å². The summed E-state index contributed by atoms with van der Waals surface area (Å²) in [6, 6.07) is 22.1. The highest BCUT2D eigenvalue weighted by Crippen LogP contribution is 2.32. The number of amides is 2. The number of rotatable bonds is 8. The van der Waals surface area contributed by atoms with Gasteiger partial charge in [0.05, 0.1) is 0 Å². The van der Waals surface area contributed by atoms with Gasteiger partial charge in [0.15, 0.2) is 0 Å². The topological polar surface area (TPSA) is 82.5 Å². The Morgan fingerprint density at radius 2 is 1.80 bits per heavy atom. The number of anilines is 2. The van der Waals surface area contributed by atoms with E-state index in [1.807, 2.05) is 87.5 Å². The first-order valence-electron chi connectivity index (χ1n) is 13.3. The van der Waals surface area contributed by atoms with Crippen LogP contribution in [-0.2, 0) is 16.1 Å². The number of nitrogens with zero attached hydrogens (tertiary/aromatic N) is 1. The minimum Gasteiger partial charge on any atom is -0.444 e. The highest BCUT2D eigenvalue weighted by molar-refractivity contribution is 8.13. The van der Waals surface area contributed by atoms with E-state index in [4.69, 9.17) is 16.3 Å². The molecule has 2 amide bonds. The van der Waals surface area contributed by atoms with E-state index in [1.165, 1.54) is 5.04 Å². The van der Waals surface area contributed by atoms with E-state index in [9.17, 15) is 9.59 Å². The van der Waals surface area contributed by atoms with Gasteiger partial charge in [0.2, 0.25) is 10.7 Å². The largest absolute Gasteiger partial charge is 0.444 e. The van der Waals surface area contributed by atoms with Crippen LogP contribution in [-0.4, -0.2) is 40.0 Å². The van der Waals surface area contributed by atoms with Gasteiger partial charge in [0.1, 0.15) is 23.2 Å². The number of nitrogens with one attached hydrogen (secondary N) is 3. The zero-order valence-corrected chi connectivity index (χ0v) is 24.9. The van der Waals surface area contributed by atoms with Crippen LogP contribution in [0.2, 0.25) is 5.02 Å². The van der Waals surface area contributed by atoms with Gasteiger partial charge < -0.3 is 20.7 Å². The van der Waals surface area contributed by atoms with Gasteiger partial charge in [-0.05, 0) is 62.4 Å². The Morgan fingerprint density at radius 1 is 1.02 bits per heavy atom. The zero-order valence-electron chi connectivity index (χ0n) is 23.3. The molecule has 3 aromatic rings. The predicted molar refractivity (Wildman–Crippen MR) is 165 cm³/mol. The molecule has 210 valence electrons. The van der Waals surface area contributed by atoms with Gasteiger partial charge in [0.25, 0.3) is 5.91 Å². The molecule has 0 radical (unpaired) electrons. The number of halogens is 1. The lowest BCUT2D eigenvalue weighted by molar-refractivity contribution is -0.428. The average molecular weight is 580 g/mol. The number of thioether (sulfide) groups is 1. The summed E-state index contributed by atoms with van der Waals surface area (Å²) in [5, 5.41) is 11.1. The van der Waals surface area contributed by atoms with Crippen molar-refractivity contribution in [3.63, 3.8) is 0 Å².